The van der Waals surface area contributed by atoms with Crippen LogP contribution in [0.3, 0.4) is 0 Å². The summed E-state index contributed by atoms with van der Waals surface area (Å²) in [4.78, 5) is 0. The van der Waals surface area contributed by atoms with Gasteiger partial charge in [-0.25, -0.2) is 0 Å². The van der Waals surface area contributed by atoms with Crippen LogP contribution < -0.4 is 0 Å². The van der Waals surface area contributed by atoms with E-state index in [2.05, 4.69) is 13.0 Å². The Labute approximate surface area is 161 Å². The highest BCUT2D eigenvalue weighted by atomic mass is 16.7. The lowest BCUT2D eigenvalue weighted by Crippen LogP contribution is -2.58. The van der Waals surface area contributed by atoms with E-state index in [1.807, 2.05) is 0 Å². The smallest absolute Gasteiger partial charge is 0.174 e. The van der Waals surface area contributed by atoms with Crippen LogP contribution in [0.15, 0.2) is 11.6 Å². The van der Waals surface area contributed by atoms with E-state index in [-0.39, 0.29) is 17.3 Å². The summed E-state index contributed by atoms with van der Waals surface area (Å²) in [7, 11) is 0. The SMILES string of the molecule is C[C@]12C[C@H](O)C3C4CCC5(CC4=CCC3C1CCC21OCCO1)OCCO5. The first-order valence-corrected chi connectivity index (χ1v) is 11.0. The Balaban J connectivity index is 1.31. The summed E-state index contributed by atoms with van der Waals surface area (Å²) >= 11 is 0. The Hall–Kier alpha value is -0.460. The van der Waals surface area contributed by atoms with Crippen molar-refractivity contribution < 1.29 is 24.1 Å². The summed E-state index contributed by atoms with van der Waals surface area (Å²) in [6.07, 6.45) is 9.15. The number of aliphatic hydroxyl groups is 1. The summed E-state index contributed by atoms with van der Waals surface area (Å²) < 4.78 is 24.3. The van der Waals surface area contributed by atoms with Gasteiger partial charge in [-0.15, -0.1) is 0 Å². The number of fused-ring (bicyclic) bond motifs is 6. The molecule has 4 aliphatic carbocycles. The van der Waals surface area contributed by atoms with E-state index in [0.717, 1.165) is 58.2 Å². The molecule has 0 aromatic carbocycles. The first kappa shape index (κ1) is 17.4. The zero-order valence-corrected chi connectivity index (χ0v) is 16.3. The van der Waals surface area contributed by atoms with Crippen molar-refractivity contribution in [3.8, 4) is 0 Å². The lowest BCUT2D eigenvalue weighted by atomic mass is 9.51. The first-order valence-electron chi connectivity index (χ1n) is 11.0. The Morgan fingerprint density at radius 1 is 1.00 bits per heavy atom. The predicted molar refractivity (Wildman–Crippen MR) is 97.7 cm³/mol. The van der Waals surface area contributed by atoms with E-state index in [1.54, 1.807) is 0 Å². The molecule has 6 aliphatic rings. The van der Waals surface area contributed by atoms with Gasteiger partial charge in [0.1, 0.15) is 0 Å². The first-order chi connectivity index (χ1) is 13.1. The fourth-order valence-corrected chi connectivity index (χ4v) is 7.95. The van der Waals surface area contributed by atoms with E-state index >= 15 is 0 Å². The maximum atomic E-state index is 11.4. The van der Waals surface area contributed by atoms with Crippen LogP contribution in [0.5, 0.6) is 0 Å². The molecular weight excluding hydrogens is 344 g/mol. The van der Waals surface area contributed by atoms with Gasteiger partial charge in [0.25, 0.3) is 0 Å². The lowest BCUT2D eigenvalue weighted by molar-refractivity contribution is -0.254. The van der Waals surface area contributed by atoms with Crippen LogP contribution in [-0.2, 0) is 18.9 Å². The van der Waals surface area contributed by atoms with Gasteiger partial charge in [0.2, 0.25) is 0 Å². The lowest BCUT2D eigenvalue weighted by Gasteiger charge is -2.57. The second-order valence-electron chi connectivity index (χ2n) is 9.97. The van der Waals surface area contributed by atoms with Crippen LogP contribution in [0.2, 0.25) is 0 Å². The number of allylic oxidation sites excluding steroid dienone is 1. The van der Waals surface area contributed by atoms with Gasteiger partial charge >= 0.3 is 0 Å². The predicted octanol–water partition coefficient (Wildman–Crippen LogP) is 3.02. The molecule has 0 aromatic rings. The van der Waals surface area contributed by atoms with Crippen molar-refractivity contribution in [2.75, 3.05) is 26.4 Å². The van der Waals surface area contributed by atoms with Crippen molar-refractivity contribution in [2.24, 2.45) is 29.1 Å². The van der Waals surface area contributed by atoms with Gasteiger partial charge in [0.05, 0.1) is 32.5 Å². The second kappa shape index (κ2) is 5.79. The van der Waals surface area contributed by atoms with Crippen LogP contribution in [0.25, 0.3) is 0 Å². The van der Waals surface area contributed by atoms with Crippen molar-refractivity contribution >= 4 is 0 Å². The van der Waals surface area contributed by atoms with Gasteiger partial charge in [-0.05, 0) is 49.4 Å². The zero-order chi connectivity index (χ0) is 18.3. The third-order valence-electron chi connectivity index (χ3n) is 9.03. The van der Waals surface area contributed by atoms with E-state index in [1.165, 1.54) is 5.57 Å². The maximum absolute atomic E-state index is 11.4. The average Bonchev–Trinajstić information content (AvgIpc) is 3.37. The van der Waals surface area contributed by atoms with E-state index in [4.69, 9.17) is 18.9 Å². The molecule has 0 radical (unpaired) electrons. The molecule has 6 rings (SSSR count). The van der Waals surface area contributed by atoms with E-state index < -0.39 is 5.79 Å². The van der Waals surface area contributed by atoms with Gasteiger partial charge in [-0.3, -0.25) is 0 Å². The minimum atomic E-state index is -0.449. The number of rotatable bonds is 0. The topological polar surface area (TPSA) is 57.2 Å². The van der Waals surface area contributed by atoms with Gasteiger partial charge in [0.15, 0.2) is 11.6 Å². The summed E-state index contributed by atoms with van der Waals surface area (Å²) in [6.45, 7) is 5.15. The van der Waals surface area contributed by atoms with Crippen LogP contribution in [0, 0.1) is 29.1 Å². The number of ether oxygens (including phenoxy) is 4. The highest BCUT2D eigenvalue weighted by molar-refractivity contribution is 5.23. The fourth-order valence-electron chi connectivity index (χ4n) is 7.95. The third-order valence-corrected chi connectivity index (χ3v) is 9.03. The van der Waals surface area contributed by atoms with Crippen molar-refractivity contribution in [2.45, 2.75) is 69.5 Å². The Kier molecular flexibility index (Phi) is 3.73. The maximum Gasteiger partial charge on any atom is 0.174 e. The highest BCUT2D eigenvalue weighted by Gasteiger charge is 2.67. The van der Waals surface area contributed by atoms with Crippen molar-refractivity contribution in [3.05, 3.63) is 11.6 Å². The molecule has 2 spiro atoms. The van der Waals surface area contributed by atoms with Crippen molar-refractivity contribution in [1.29, 1.82) is 0 Å². The Morgan fingerprint density at radius 3 is 2.52 bits per heavy atom. The molecule has 0 bridgehead atoms. The average molecular weight is 376 g/mol. The van der Waals surface area contributed by atoms with Gasteiger partial charge in [-0.1, -0.05) is 18.6 Å². The van der Waals surface area contributed by atoms with Crippen molar-refractivity contribution in [3.63, 3.8) is 0 Å². The normalized spacial score (nSPS) is 49.7. The van der Waals surface area contributed by atoms with Crippen LogP contribution >= 0.6 is 0 Å². The van der Waals surface area contributed by atoms with E-state index in [0.29, 0.717) is 36.9 Å². The third kappa shape index (κ3) is 2.24. The number of hydrogen-bond acceptors (Lipinski definition) is 5. The molecular formula is C22H32O5. The largest absolute Gasteiger partial charge is 0.393 e. The van der Waals surface area contributed by atoms with Crippen LogP contribution in [0.1, 0.15) is 51.9 Å². The molecule has 3 saturated carbocycles. The second-order valence-corrected chi connectivity index (χ2v) is 9.97. The summed E-state index contributed by atoms with van der Waals surface area (Å²) in [6, 6.07) is 0. The molecule has 27 heavy (non-hydrogen) atoms. The molecule has 2 aliphatic heterocycles. The highest BCUT2D eigenvalue weighted by Crippen LogP contribution is 2.66. The molecule has 0 amide bonds. The number of aliphatic hydroxyl groups excluding tert-OH is 1. The zero-order valence-electron chi connectivity index (χ0n) is 16.3. The summed E-state index contributed by atoms with van der Waals surface area (Å²) in [5, 5.41) is 11.4. The molecule has 2 heterocycles. The minimum Gasteiger partial charge on any atom is -0.393 e. The van der Waals surface area contributed by atoms with Crippen LogP contribution in [-0.4, -0.2) is 49.2 Å². The molecule has 5 nitrogen and oxygen atoms in total. The molecule has 2 saturated heterocycles. The molecule has 6 atom stereocenters. The molecule has 4 unspecified atom stereocenters. The fraction of sp³-hybridized carbons (Fsp3) is 0.909. The number of hydrogen-bond donors (Lipinski definition) is 1. The van der Waals surface area contributed by atoms with Gasteiger partial charge in [-0.2, -0.15) is 0 Å². The Bertz CT molecular complexity index is 647. The van der Waals surface area contributed by atoms with Crippen molar-refractivity contribution in [1.82, 2.24) is 0 Å². The van der Waals surface area contributed by atoms with E-state index in [9.17, 15) is 5.11 Å². The minimum absolute atomic E-state index is 0.0665. The molecule has 1 N–H and O–H groups in total. The molecule has 0 aromatic heterocycles. The summed E-state index contributed by atoms with van der Waals surface area (Å²) in [5.41, 5.74) is 1.41. The Morgan fingerprint density at radius 2 is 1.74 bits per heavy atom. The van der Waals surface area contributed by atoms with Gasteiger partial charge < -0.3 is 24.1 Å². The monoisotopic (exact) mass is 376 g/mol. The summed E-state index contributed by atoms with van der Waals surface area (Å²) in [5.74, 6) is 1.17. The molecule has 5 heteroatoms. The molecule has 150 valence electrons. The quantitative estimate of drug-likeness (QED) is 0.659. The molecule has 5 fully saturated rings. The standard InChI is InChI=1S/C22H32O5/c1-20-13-18(23)19-15-4-6-21(24-8-9-25-21)12-14(15)2-3-16(19)17(20)5-7-22(20)26-10-11-27-22/h2,15-19,23H,3-13H2,1H3/t15?,16?,17?,18-,19?,20-/m0/s1. The van der Waals surface area contributed by atoms with Gasteiger partial charge in [0, 0.05) is 24.7 Å². The van der Waals surface area contributed by atoms with Crippen LogP contribution in [0.4, 0.5) is 0 Å².